The van der Waals surface area contributed by atoms with Crippen molar-refractivity contribution in [2.75, 3.05) is 6.54 Å². The first-order chi connectivity index (χ1) is 8.60. The molecule has 0 saturated heterocycles. The molecule has 0 amide bonds. The fourth-order valence-electron chi connectivity index (χ4n) is 1.55. The van der Waals surface area contributed by atoms with Gasteiger partial charge in [0.25, 0.3) is 5.22 Å². The van der Waals surface area contributed by atoms with Crippen LogP contribution in [-0.2, 0) is 0 Å². The Morgan fingerprint density at radius 1 is 1.33 bits per heavy atom. The maximum Gasteiger partial charge on any atom is 0.256 e. The summed E-state index contributed by atoms with van der Waals surface area (Å²) in [5, 5.41) is 1.51. The summed E-state index contributed by atoms with van der Waals surface area (Å²) < 4.78 is 5.56. The van der Waals surface area contributed by atoms with Gasteiger partial charge in [0.1, 0.15) is 5.76 Å². The lowest BCUT2D eigenvalue weighted by Gasteiger charge is -2.12. The number of oxazole rings is 1. The molecule has 96 valence electrons. The molecule has 0 aliphatic heterocycles. The van der Waals surface area contributed by atoms with Crippen molar-refractivity contribution in [1.29, 1.82) is 0 Å². The molecule has 2 aromatic rings. The number of thioether (sulfide) groups is 1. The van der Waals surface area contributed by atoms with Crippen LogP contribution >= 0.6 is 23.4 Å². The molecule has 18 heavy (non-hydrogen) atoms. The van der Waals surface area contributed by atoms with Crippen molar-refractivity contribution >= 4 is 23.4 Å². The van der Waals surface area contributed by atoms with E-state index in [1.807, 2.05) is 38.1 Å². The average Bonchev–Trinajstić information content (AvgIpc) is 2.67. The van der Waals surface area contributed by atoms with E-state index in [0.29, 0.717) is 11.8 Å². The summed E-state index contributed by atoms with van der Waals surface area (Å²) in [4.78, 5) is 4.36. The molecular weight excluding hydrogens is 268 g/mol. The normalized spacial score (nSPS) is 12.7. The number of halogens is 1. The molecule has 0 aliphatic carbocycles. The van der Waals surface area contributed by atoms with E-state index in [9.17, 15) is 0 Å². The topological polar surface area (TPSA) is 52.0 Å². The summed E-state index contributed by atoms with van der Waals surface area (Å²) in [6.07, 6.45) is 0. The first-order valence-corrected chi connectivity index (χ1v) is 6.92. The van der Waals surface area contributed by atoms with Gasteiger partial charge in [-0.25, -0.2) is 4.98 Å². The fraction of sp³-hybridized carbons (Fsp3) is 0.308. The Bertz CT molecular complexity index is 505. The van der Waals surface area contributed by atoms with Crippen LogP contribution in [0.3, 0.4) is 0 Å². The highest BCUT2D eigenvalue weighted by atomic mass is 35.5. The van der Waals surface area contributed by atoms with Gasteiger partial charge >= 0.3 is 0 Å². The highest BCUT2D eigenvalue weighted by Gasteiger charge is 2.15. The van der Waals surface area contributed by atoms with Crippen LogP contribution in [0.5, 0.6) is 0 Å². The van der Waals surface area contributed by atoms with Crippen LogP contribution in [0.2, 0.25) is 5.02 Å². The predicted molar refractivity (Wildman–Crippen MR) is 75.1 cm³/mol. The number of benzene rings is 1. The monoisotopic (exact) mass is 282 g/mol. The molecule has 1 heterocycles. The zero-order valence-electron chi connectivity index (χ0n) is 10.3. The van der Waals surface area contributed by atoms with Crippen LogP contribution < -0.4 is 5.73 Å². The van der Waals surface area contributed by atoms with Crippen molar-refractivity contribution in [3.8, 4) is 0 Å². The summed E-state index contributed by atoms with van der Waals surface area (Å²) in [5.74, 6) is 0.851. The third kappa shape index (κ3) is 3.07. The van der Waals surface area contributed by atoms with Gasteiger partial charge in [0, 0.05) is 11.6 Å². The highest BCUT2D eigenvalue weighted by Crippen LogP contribution is 2.34. The molecule has 1 unspecified atom stereocenters. The Morgan fingerprint density at radius 2 is 2.00 bits per heavy atom. The summed E-state index contributed by atoms with van der Waals surface area (Å²) in [7, 11) is 0. The molecule has 5 heteroatoms. The Kier molecular flexibility index (Phi) is 4.32. The minimum Gasteiger partial charge on any atom is -0.437 e. The smallest absolute Gasteiger partial charge is 0.256 e. The zero-order valence-corrected chi connectivity index (χ0v) is 11.9. The summed E-state index contributed by atoms with van der Waals surface area (Å²) >= 11 is 7.41. The first-order valence-electron chi connectivity index (χ1n) is 5.66. The van der Waals surface area contributed by atoms with E-state index >= 15 is 0 Å². The van der Waals surface area contributed by atoms with Crippen LogP contribution in [0.25, 0.3) is 0 Å². The molecule has 0 bridgehead atoms. The van der Waals surface area contributed by atoms with Crippen LogP contribution in [0, 0.1) is 13.8 Å². The van der Waals surface area contributed by atoms with Gasteiger partial charge in [0.05, 0.1) is 10.9 Å². The predicted octanol–water partition coefficient (Wildman–Crippen LogP) is 3.74. The largest absolute Gasteiger partial charge is 0.437 e. The number of rotatable bonds is 4. The second kappa shape index (κ2) is 5.78. The second-order valence-corrected chi connectivity index (χ2v) is 5.61. The van der Waals surface area contributed by atoms with E-state index in [0.717, 1.165) is 22.0 Å². The summed E-state index contributed by atoms with van der Waals surface area (Å²) in [6, 6.07) is 7.70. The highest BCUT2D eigenvalue weighted by molar-refractivity contribution is 7.99. The number of nitrogens with two attached hydrogens (primary N) is 1. The van der Waals surface area contributed by atoms with Gasteiger partial charge < -0.3 is 10.2 Å². The maximum absolute atomic E-state index is 5.87. The van der Waals surface area contributed by atoms with Crippen molar-refractivity contribution in [3.63, 3.8) is 0 Å². The molecule has 1 aromatic heterocycles. The second-order valence-electron chi connectivity index (χ2n) is 4.02. The third-order valence-corrected chi connectivity index (χ3v) is 4.09. The molecule has 0 fully saturated rings. The first kappa shape index (κ1) is 13.5. The van der Waals surface area contributed by atoms with Crippen LogP contribution in [0.15, 0.2) is 33.9 Å². The van der Waals surface area contributed by atoms with E-state index in [-0.39, 0.29) is 5.25 Å². The van der Waals surface area contributed by atoms with Crippen molar-refractivity contribution in [2.24, 2.45) is 5.73 Å². The number of hydrogen-bond acceptors (Lipinski definition) is 4. The summed E-state index contributed by atoms with van der Waals surface area (Å²) in [6.45, 7) is 4.36. The van der Waals surface area contributed by atoms with Gasteiger partial charge in [-0.15, -0.1) is 0 Å². The minimum absolute atomic E-state index is 0.125. The fourth-order valence-corrected chi connectivity index (χ4v) is 2.67. The molecule has 0 spiro atoms. The lowest BCUT2D eigenvalue weighted by atomic mass is 10.1. The van der Waals surface area contributed by atoms with Gasteiger partial charge in [0.2, 0.25) is 0 Å². The molecule has 0 saturated carbocycles. The number of aromatic nitrogens is 1. The molecular formula is C13H15ClN2OS. The van der Waals surface area contributed by atoms with E-state index < -0.39 is 0 Å². The molecule has 2 rings (SSSR count). The van der Waals surface area contributed by atoms with Crippen molar-refractivity contribution in [3.05, 3.63) is 46.3 Å². The molecule has 1 aromatic carbocycles. The SMILES string of the molecule is Cc1nc(SC(CN)c2ccc(Cl)cc2)oc1C. The Morgan fingerprint density at radius 3 is 2.50 bits per heavy atom. The molecule has 0 aliphatic rings. The van der Waals surface area contributed by atoms with E-state index in [4.69, 9.17) is 21.8 Å². The third-order valence-electron chi connectivity index (χ3n) is 2.71. The molecule has 1 atom stereocenters. The van der Waals surface area contributed by atoms with Crippen LogP contribution in [0.4, 0.5) is 0 Å². The van der Waals surface area contributed by atoms with E-state index in [1.54, 1.807) is 0 Å². The molecule has 2 N–H and O–H groups in total. The Hall–Kier alpha value is -0.970. The number of aryl methyl sites for hydroxylation is 2. The van der Waals surface area contributed by atoms with E-state index in [2.05, 4.69) is 4.98 Å². The molecule has 3 nitrogen and oxygen atoms in total. The number of nitrogens with zero attached hydrogens (tertiary/aromatic N) is 1. The van der Waals surface area contributed by atoms with Gasteiger partial charge in [-0.3, -0.25) is 0 Å². The van der Waals surface area contributed by atoms with Gasteiger partial charge in [-0.1, -0.05) is 35.5 Å². The quantitative estimate of drug-likeness (QED) is 0.868. The van der Waals surface area contributed by atoms with E-state index in [1.165, 1.54) is 11.8 Å². The minimum atomic E-state index is 0.125. The zero-order chi connectivity index (χ0) is 13.1. The summed E-state index contributed by atoms with van der Waals surface area (Å²) in [5.41, 5.74) is 7.86. The molecule has 0 radical (unpaired) electrons. The van der Waals surface area contributed by atoms with Gasteiger partial charge in [0.15, 0.2) is 0 Å². The van der Waals surface area contributed by atoms with Crippen molar-refractivity contribution in [1.82, 2.24) is 4.98 Å². The number of hydrogen-bond donors (Lipinski definition) is 1. The lowest BCUT2D eigenvalue weighted by Crippen LogP contribution is -2.09. The average molecular weight is 283 g/mol. The lowest BCUT2D eigenvalue weighted by molar-refractivity contribution is 0.430. The van der Waals surface area contributed by atoms with Crippen molar-refractivity contribution < 1.29 is 4.42 Å². The van der Waals surface area contributed by atoms with Crippen LogP contribution in [-0.4, -0.2) is 11.5 Å². The Labute approximate surface area is 116 Å². The maximum atomic E-state index is 5.87. The Balaban J connectivity index is 2.16. The van der Waals surface area contributed by atoms with Crippen LogP contribution in [0.1, 0.15) is 22.3 Å². The standard InChI is InChI=1S/C13H15ClN2OS/c1-8-9(2)17-13(16-8)18-12(7-15)10-3-5-11(14)6-4-10/h3-6,12H,7,15H2,1-2H3. The van der Waals surface area contributed by atoms with Gasteiger partial charge in [-0.05, 0) is 31.5 Å². The van der Waals surface area contributed by atoms with Crippen molar-refractivity contribution in [2.45, 2.75) is 24.3 Å². The van der Waals surface area contributed by atoms with Gasteiger partial charge in [-0.2, -0.15) is 0 Å².